The van der Waals surface area contributed by atoms with Crippen molar-refractivity contribution >= 4 is 12.0 Å². The molecule has 0 aliphatic heterocycles. The average molecular weight is 288 g/mol. The zero-order chi connectivity index (χ0) is 15.4. The minimum atomic E-state index is -0.873. The second-order valence-corrected chi connectivity index (χ2v) is 5.27. The number of amides is 2. The highest BCUT2D eigenvalue weighted by Crippen LogP contribution is 2.10. The number of hydrogen-bond donors (Lipinski definition) is 3. The number of carbonyl (C=O) groups excluding carboxylic acids is 1. The summed E-state index contributed by atoms with van der Waals surface area (Å²) in [5, 5.41) is 14.3. The molecule has 1 unspecified atom stereocenters. The largest absolute Gasteiger partial charge is 0.481 e. The van der Waals surface area contributed by atoms with E-state index >= 15 is 0 Å². The highest BCUT2D eigenvalue weighted by atomic mass is 16.5. The number of hydrogen-bond acceptors (Lipinski definition) is 3. The highest BCUT2D eigenvalue weighted by Gasteiger charge is 2.19. The van der Waals surface area contributed by atoms with Gasteiger partial charge >= 0.3 is 12.0 Å². The van der Waals surface area contributed by atoms with Crippen molar-refractivity contribution in [2.24, 2.45) is 11.8 Å². The van der Waals surface area contributed by atoms with E-state index in [1.807, 2.05) is 13.8 Å². The predicted octanol–water partition coefficient (Wildman–Crippen LogP) is 1.85. The number of aliphatic carboxylic acids is 1. The number of urea groups is 1. The zero-order valence-electron chi connectivity index (χ0n) is 12.8. The van der Waals surface area contributed by atoms with E-state index in [1.165, 1.54) is 0 Å². The number of carbonyl (C=O) groups is 2. The topological polar surface area (TPSA) is 87.7 Å². The third kappa shape index (κ3) is 10.6. The Morgan fingerprint density at radius 2 is 1.90 bits per heavy atom. The van der Waals surface area contributed by atoms with E-state index in [-0.39, 0.29) is 18.5 Å². The first-order chi connectivity index (χ1) is 9.47. The van der Waals surface area contributed by atoms with Crippen LogP contribution in [0, 0.1) is 11.8 Å². The Labute approximate surface area is 121 Å². The van der Waals surface area contributed by atoms with Crippen molar-refractivity contribution in [2.75, 3.05) is 26.3 Å². The van der Waals surface area contributed by atoms with Gasteiger partial charge in [-0.1, -0.05) is 27.2 Å². The van der Waals surface area contributed by atoms with Crippen LogP contribution >= 0.6 is 0 Å². The van der Waals surface area contributed by atoms with Crippen molar-refractivity contribution in [3.05, 3.63) is 0 Å². The lowest BCUT2D eigenvalue weighted by Gasteiger charge is -2.15. The van der Waals surface area contributed by atoms with E-state index in [2.05, 4.69) is 17.6 Å². The molecule has 0 aliphatic rings. The van der Waals surface area contributed by atoms with Crippen LogP contribution in [0.5, 0.6) is 0 Å². The van der Waals surface area contributed by atoms with Crippen LogP contribution in [0.3, 0.4) is 0 Å². The molecule has 0 spiro atoms. The third-order valence-corrected chi connectivity index (χ3v) is 2.79. The molecule has 118 valence electrons. The van der Waals surface area contributed by atoms with Gasteiger partial charge in [0.05, 0.1) is 12.5 Å². The van der Waals surface area contributed by atoms with E-state index in [4.69, 9.17) is 9.84 Å². The van der Waals surface area contributed by atoms with Crippen molar-refractivity contribution < 1.29 is 19.4 Å². The van der Waals surface area contributed by atoms with Gasteiger partial charge in [-0.2, -0.15) is 0 Å². The Hall–Kier alpha value is -1.30. The normalized spacial score (nSPS) is 12.2. The molecule has 0 rings (SSSR count). The van der Waals surface area contributed by atoms with E-state index in [0.29, 0.717) is 26.2 Å². The van der Waals surface area contributed by atoms with Gasteiger partial charge in [0.2, 0.25) is 0 Å². The number of carboxylic acid groups (broad SMARTS) is 1. The Morgan fingerprint density at radius 3 is 2.45 bits per heavy atom. The molecule has 0 aromatic heterocycles. The van der Waals surface area contributed by atoms with Crippen LogP contribution in [0.1, 0.15) is 40.0 Å². The molecule has 0 saturated carbocycles. The molecule has 20 heavy (non-hydrogen) atoms. The molecule has 0 aliphatic carbocycles. The Bertz CT molecular complexity index is 282. The number of carboxylic acids is 1. The fourth-order valence-electron chi connectivity index (χ4n) is 1.70. The van der Waals surface area contributed by atoms with Gasteiger partial charge in [0.1, 0.15) is 0 Å². The van der Waals surface area contributed by atoms with Crippen LogP contribution in [-0.4, -0.2) is 43.4 Å². The molecule has 0 bridgehead atoms. The third-order valence-electron chi connectivity index (χ3n) is 2.79. The van der Waals surface area contributed by atoms with Crippen LogP contribution in [0.15, 0.2) is 0 Å². The van der Waals surface area contributed by atoms with Crippen molar-refractivity contribution in [2.45, 2.75) is 40.0 Å². The number of rotatable bonds is 11. The summed E-state index contributed by atoms with van der Waals surface area (Å²) < 4.78 is 5.30. The molecule has 6 heteroatoms. The number of nitrogens with one attached hydrogen (secondary N) is 2. The number of unbranched alkanes of at least 4 members (excludes halogenated alkanes) is 1. The van der Waals surface area contributed by atoms with Crippen molar-refractivity contribution in [3.63, 3.8) is 0 Å². The highest BCUT2D eigenvalue weighted by molar-refractivity contribution is 5.75. The first-order valence-corrected chi connectivity index (χ1v) is 7.29. The first-order valence-electron chi connectivity index (χ1n) is 7.29. The first kappa shape index (κ1) is 18.7. The van der Waals surface area contributed by atoms with Gasteiger partial charge < -0.3 is 20.5 Å². The van der Waals surface area contributed by atoms with Crippen LogP contribution in [0.4, 0.5) is 4.79 Å². The predicted molar refractivity (Wildman–Crippen MR) is 77.7 cm³/mol. The second kappa shape index (κ2) is 11.5. The van der Waals surface area contributed by atoms with Gasteiger partial charge in [0, 0.05) is 19.7 Å². The van der Waals surface area contributed by atoms with Crippen LogP contribution < -0.4 is 10.6 Å². The van der Waals surface area contributed by atoms with E-state index in [1.54, 1.807) is 0 Å². The van der Waals surface area contributed by atoms with Crippen LogP contribution in [0.2, 0.25) is 0 Å². The molecule has 2 amide bonds. The summed E-state index contributed by atoms with van der Waals surface area (Å²) in [5.74, 6) is -1.13. The summed E-state index contributed by atoms with van der Waals surface area (Å²) in [6, 6.07) is -0.348. The van der Waals surface area contributed by atoms with Crippen molar-refractivity contribution in [1.29, 1.82) is 0 Å². The summed E-state index contributed by atoms with van der Waals surface area (Å²) in [6.45, 7) is 7.77. The molecule has 0 radical (unpaired) electrons. The minimum Gasteiger partial charge on any atom is -0.481 e. The molecule has 1 atom stereocenters. The molecular weight excluding hydrogens is 260 g/mol. The van der Waals surface area contributed by atoms with Crippen LogP contribution in [-0.2, 0) is 9.53 Å². The molecule has 0 saturated heterocycles. The molecule has 0 aromatic rings. The maximum atomic E-state index is 11.5. The molecule has 3 N–H and O–H groups in total. The summed E-state index contributed by atoms with van der Waals surface area (Å²) in [4.78, 5) is 22.5. The summed E-state index contributed by atoms with van der Waals surface area (Å²) in [5.41, 5.74) is 0. The summed E-state index contributed by atoms with van der Waals surface area (Å²) in [6.07, 6.45) is 2.65. The summed E-state index contributed by atoms with van der Waals surface area (Å²) >= 11 is 0. The van der Waals surface area contributed by atoms with Crippen molar-refractivity contribution in [3.8, 4) is 0 Å². The van der Waals surface area contributed by atoms with Crippen LogP contribution in [0.25, 0.3) is 0 Å². The molecule has 0 aromatic carbocycles. The van der Waals surface area contributed by atoms with Crippen molar-refractivity contribution in [1.82, 2.24) is 10.6 Å². The van der Waals surface area contributed by atoms with Gasteiger partial charge in [-0.3, -0.25) is 4.79 Å². The van der Waals surface area contributed by atoms with Gasteiger partial charge in [-0.05, 0) is 18.8 Å². The fraction of sp³-hybridized carbons (Fsp3) is 0.857. The Kier molecular flexibility index (Phi) is 10.8. The molecule has 0 fully saturated rings. The Morgan fingerprint density at radius 1 is 1.20 bits per heavy atom. The lowest BCUT2D eigenvalue weighted by molar-refractivity contribution is -0.142. The monoisotopic (exact) mass is 288 g/mol. The SMILES string of the molecule is CCCCOCCNC(=O)NCC(CC(C)C)C(=O)O. The van der Waals surface area contributed by atoms with Gasteiger partial charge in [0.15, 0.2) is 0 Å². The lowest BCUT2D eigenvalue weighted by Crippen LogP contribution is -2.41. The number of ether oxygens (including phenoxy) is 1. The minimum absolute atomic E-state index is 0.149. The molecule has 0 heterocycles. The standard InChI is InChI=1S/C14H28N2O4/c1-4-5-7-20-8-6-15-14(19)16-10-12(13(17)18)9-11(2)3/h11-12H,4-10H2,1-3H3,(H,17,18)(H2,15,16,19). The van der Waals surface area contributed by atoms with E-state index in [0.717, 1.165) is 12.8 Å². The van der Waals surface area contributed by atoms with E-state index < -0.39 is 11.9 Å². The second-order valence-electron chi connectivity index (χ2n) is 5.27. The quantitative estimate of drug-likeness (QED) is 0.506. The molecule has 6 nitrogen and oxygen atoms in total. The average Bonchev–Trinajstić information content (AvgIpc) is 2.37. The van der Waals surface area contributed by atoms with Gasteiger partial charge in [0.25, 0.3) is 0 Å². The summed E-state index contributed by atoms with van der Waals surface area (Å²) in [7, 11) is 0. The van der Waals surface area contributed by atoms with Gasteiger partial charge in [-0.15, -0.1) is 0 Å². The lowest BCUT2D eigenvalue weighted by atomic mass is 9.97. The molecular formula is C14H28N2O4. The van der Waals surface area contributed by atoms with Gasteiger partial charge in [-0.25, -0.2) is 4.79 Å². The fourth-order valence-corrected chi connectivity index (χ4v) is 1.70. The van der Waals surface area contributed by atoms with E-state index in [9.17, 15) is 9.59 Å². The zero-order valence-corrected chi connectivity index (χ0v) is 12.8. The maximum Gasteiger partial charge on any atom is 0.314 e. The smallest absolute Gasteiger partial charge is 0.314 e. The maximum absolute atomic E-state index is 11.5. The Balaban J connectivity index is 3.71.